The standard InChI is InChI=1S/C20H28FN/c1-3-20(21)11-7-8-12-22-15-17(2)13-19(16-22)14-18-9-5-4-6-10-18/h3-9,11,17-19H,1,10,12-16H2,2H3/b8-7-,20-11+. The number of hydrogen-bond acceptors (Lipinski definition) is 1. The monoisotopic (exact) mass is 301 g/mol. The maximum atomic E-state index is 12.9. The molecule has 1 heterocycles. The Balaban J connectivity index is 1.81. The highest BCUT2D eigenvalue weighted by Crippen LogP contribution is 2.29. The van der Waals surface area contributed by atoms with E-state index in [0.717, 1.165) is 31.5 Å². The second-order valence-corrected chi connectivity index (χ2v) is 6.65. The van der Waals surface area contributed by atoms with E-state index >= 15 is 0 Å². The molecule has 1 aliphatic heterocycles. The molecule has 0 aromatic rings. The van der Waals surface area contributed by atoms with Gasteiger partial charge in [-0.25, -0.2) is 4.39 Å². The summed E-state index contributed by atoms with van der Waals surface area (Å²) in [5, 5.41) is 0. The molecular weight excluding hydrogens is 273 g/mol. The van der Waals surface area contributed by atoms with Gasteiger partial charge in [0.05, 0.1) is 0 Å². The van der Waals surface area contributed by atoms with E-state index in [-0.39, 0.29) is 5.83 Å². The van der Waals surface area contributed by atoms with Crippen LogP contribution in [0.2, 0.25) is 0 Å². The predicted molar refractivity (Wildman–Crippen MR) is 93.2 cm³/mol. The van der Waals surface area contributed by atoms with Crippen molar-refractivity contribution in [3.05, 3.63) is 61.0 Å². The average Bonchev–Trinajstić information content (AvgIpc) is 2.52. The summed E-state index contributed by atoms with van der Waals surface area (Å²) in [5.74, 6) is 1.95. The zero-order valence-corrected chi connectivity index (χ0v) is 13.6. The number of allylic oxidation sites excluding steroid dienone is 8. The van der Waals surface area contributed by atoms with Gasteiger partial charge in [-0.3, -0.25) is 4.90 Å². The molecular formula is C20H28FN. The van der Waals surface area contributed by atoms with Crippen LogP contribution in [-0.4, -0.2) is 24.5 Å². The normalized spacial score (nSPS) is 30.1. The Morgan fingerprint density at radius 2 is 2.23 bits per heavy atom. The van der Waals surface area contributed by atoms with Crippen molar-refractivity contribution in [1.82, 2.24) is 4.90 Å². The molecule has 120 valence electrons. The van der Waals surface area contributed by atoms with E-state index < -0.39 is 0 Å². The summed E-state index contributed by atoms with van der Waals surface area (Å²) in [4.78, 5) is 2.50. The van der Waals surface area contributed by atoms with Gasteiger partial charge in [0, 0.05) is 19.6 Å². The predicted octanol–water partition coefficient (Wildman–Crippen LogP) is 5.06. The molecule has 2 heteroatoms. The Morgan fingerprint density at radius 1 is 1.36 bits per heavy atom. The summed E-state index contributed by atoms with van der Waals surface area (Å²) in [6.07, 6.45) is 19.3. The lowest BCUT2D eigenvalue weighted by atomic mass is 9.82. The molecule has 0 radical (unpaired) electrons. The van der Waals surface area contributed by atoms with Crippen LogP contribution in [0.5, 0.6) is 0 Å². The molecule has 1 aliphatic carbocycles. The second-order valence-electron chi connectivity index (χ2n) is 6.65. The van der Waals surface area contributed by atoms with Crippen LogP contribution in [0.3, 0.4) is 0 Å². The summed E-state index contributed by atoms with van der Waals surface area (Å²) in [6, 6.07) is 0. The quantitative estimate of drug-likeness (QED) is 0.620. The number of halogens is 1. The molecule has 2 rings (SSSR count). The Hall–Kier alpha value is -1.41. The number of hydrogen-bond donors (Lipinski definition) is 0. The molecule has 3 unspecified atom stereocenters. The van der Waals surface area contributed by atoms with E-state index in [1.54, 1.807) is 6.08 Å². The first-order valence-corrected chi connectivity index (χ1v) is 8.37. The van der Waals surface area contributed by atoms with Crippen molar-refractivity contribution in [2.75, 3.05) is 19.6 Å². The zero-order valence-electron chi connectivity index (χ0n) is 13.6. The highest BCUT2D eigenvalue weighted by Gasteiger charge is 2.25. The van der Waals surface area contributed by atoms with E-state index in [9.17, 15) is 4.39 Å². The van der Waals surface area contributed by atoms with Gasteiger partial charge in [0.25, 0.3) is 0 Å². The number of nitrogens with zero attached hydrogens (tertiary/aromatic N) is 1. The molecule has 0 aromatic carbocycles. The van der Waals surface area contributed by atoms with E-state index in [4.69, 9.17) is 0 Å². The lowest BCUT2D eigenvalue weighted by Crippen LogP contribution is -2.40. The maximum Gasteiger partial charge on any atom is 0.122 e. The third kappa shape index (κ3) is 5.76. The molecule has 3 atom stereocenters. The summed E-state index contributed by atoms with van der Waals surface area (Å²) in [7, 11) is 0. The Labute approximate surface area is 134 Å². The van der Waals surface area contributed by atoms with Crippen molar-refractivity contribution in [2.24, 2.45) is 17.8 Å². The topological polar surface area (TPSA) is 3.24 Å². The molecule has 1 nitrogen and oxygen atoms in total. The number of rotatable bonds is 6. The molecule has 0 saturated carbocycles. The van der Waals surface area contributed by atoms with Crippen LogP contribution < -0.4 is 0 Å². The van der Waals surface area contributed by atoms with Crippen molar-refractivity contribution in [2.45, 2.75) is 26.2 Å². The molecule has 0 N–H and O–H groups in total. The summed E-state index contributed by atoms with van der Waals surface area (Å²) in [5.41, 5.74) is 0. The van der Waals surface area contributed by atoms with E-state index in [1.165, 1.54) is 31.4 Å². The lowest BCUT2D eigenvalue weighted by Gasteiger charge is -2.37. The van der Waals surface area contributed by atoms with Gasteiger partial charge in [-0.15, -0.1) is 0 Å². The van der Waals surface area contributed by atoms with Gasteiger partial charge in [-0.05, 0) is 49.2 Å². The minimum Gasteiger partial charge on any atom is -0.299 e. The molecule has 0 spiro atoms. The van der Waals surface area contributed by atoms with Crippen LogP contribution >= 0.6 is 0 Å². The molecule has 0 amide bonds. The zero-order chi connectivity index (χ0) is 15.8. The first-order chi connectivity index (χ1) is 10.7. The van der Waals surface area contributed by atoms with Crippen LogP contribution in [0, 0.1) is 17.8 Å². The van der Waals surface area contributed by atoms with Crippen LogP contribution in [-0.2, 0) is 0 Å². The van der Waals surface area contributed by atoms with Gasteiger partial charge in [-0.1, -0.05) is 50.0 Å². The van der Waals surface area contributed by atoms with Crippen LogP contribution in [0.4, 0.5) is 4.39 Å². The van der Waals surface area contributed by atoms with E-state index in [2.05, 4.69) is 42.7 Å². The second kappa shape index (κ2) is 8.89. The van der Waals surface area contributed by atoms with Crippen molar-refractivity contribution in [3.8, 4) is 0 Å². The highest BCUT2D eigenvalue weighted by atomic mass is 19.1. The largest absolute Gasteiger partial charge is 0.299 e. The average molecular weight is 301 g/mol. The molecule has 1 fully saturated rings. The fourth-order valence-electron chi connectivity index (χ4n) is 3.59. The summed E-state index contributed by atoms with van der Waals surface area (Å²) in [6.45, 7) is 8.97. The molecule has 0 aromatic heterocycles. The smallest absolute Gasteiger partial charge is 0.122 e. The van der Waals surface area contributed by atoms with Crippen molar-refractivity contribution < 1.29 is 4.39 Å². The van der Waals surface area contributed by atoms with Gasteiger partial charge in [0.15, 0.2) is 0 Å². The fourth-order valence-corrected chi connectivity index (χ4v) is 3.59. The van der Waals surface area contributed by atoms with Gasteiger partial charge in [-0.2, -0.15) is 0 Å². The Bertz CT molecular complexity index is 472. The minimum absolute atomic E-state index is 0.279. The Kier molecular flexibility index (Phi) is 6.85. The third-order valence-corrected chi connectivity index (χ3v) is 4.48. The molecule has 1 saturated heterocycles. The van der Waals surface area contributed by atoms with Crippen molar-refractivity contribution in [1.29, 1.82) is 0 Å². The highest BCUT2D eigenvalue weighted by molar-refractivity contribution is 5.15. The fraction of sp³-hybridized carbons (Fsp3) is 0.500. The van der Waals surface area contributed by atoms with E-state index in [1.807, 2.05) is 6.08 Å². The summed E-state index contributed by atoms with van der Waals surface area (Å²) >= 11 is 0. The van der Waals surface area contributed by atoms with Crippen molar-refractivity contribution >= 4 is 0 Å². The number of likely N-dealkylation sites (tertiary alicyclic amines) is 1. The third-order valence-electron chi connectivity index (χ3n) is 4.48. The first kappa shape index (κ1) is 17.0. The van der Waals surface area contributed by atoms with E-state index in [0.29, 0.717) is 5.92 Å². The summed E-state index contributed by atoms with van der Waals surface area (Å²) < 4.78 is 12.9. The van der Waals surface area contributed by atoms with Crippen LogP contribution in [0.15, 0.2) is 61.0 Å². The van der Waals surface area contributed by atoms with Gasteiger partial charge < -0.3 is 0 Å². The van der Waals surface area contributed by atoms with Gasteiger partial charge in [0.1, 0.15) is 5.83 Å². The molecule has 0 bridgehead atoms. The maximum absolute atomic E-state index is 12.9. The Morgan fingerprint density at radius 3 is 2.95 bits per heavy atom. The van der Waals surface area contributed by atoms with Gasteiger partial charge in [0.2, 0.25) is 0 Å². The molecule has 22 heavy (non-hydrogen) atoms. The van der Waals surface area contributed by atoms with Gasteiger partial charge >= 0.3 is 0 Å². The minimum atomic E-state index is -0.279. The molecule has 2 aliphatic rings. The number of piperidine rings is 1. The first-order valence-electron chi connectivity index (χ1n) is 8.37. The van der Waals surface area contributed by atoms with Crippen molar-refractivity contribution in [3.63, 3.8) is 0 Å². The lowest BCUT2D eigenvalue weighted by molar-refractivity contribution is 0.133. The van der Waals surface area contributed by atoms with Crippen LogP contribution in [0.1, 0.15) is 26.2 Å². The van der Waals surface area contributed by atoms with Crippen LogP contribution in [0.25, 0.3) is 0 Å². The SMILES string of the molecule is C=C/C(F)=C\C=C/CN1CC(C)CC(CC2C=CC=CC2)C1.